The predicted molar refractivity (Wildman–Crippen MR) is 73.1 cm³/mol. The minimum atomic E-state index is -0.532. The van der Waals surface area contributed by atoms with Gasteiger partial charge in [-0.05, 0) is 42.3 Å². The number of Topliss-reactive ketones (excluding diaryl/α,β-unsaturated/α-hetero) is 1. The zero-order valence-electron chi connectivity index (χ0n) is 10.9. The van der Waals surface area contributed by atoms with E-state index in [2.05, 4.69) is 0 Å². The first kappa shape index (κ1) is 12.5. The number of hydrogen-bond acceptors (Lipinski definition) is 2. The van der Waals surface area contributed by atoms with Gasteiger partial charge in [-0.1, -0.05) is 18.2 Å². The molecule has 1 aliphatic heterocycles. The Kier molecular flexibility index (Phi) is 2.86. The van der Waals surface area contributed by atoms with E-state index in [9.17, 15) is 14.0 Å². The number of halogens is 1. The third-order valence-electron chi connectivity index (χ3n) is 3.51. The maximum atomic E-state index is 13.1. The molecule has 0 aliphatic carbocycles. The lowest BCUT2D eigenvalue weighted by molar-refractivity contribution is -0.114. The number of ketones is 1. The fourth-order valence-electron chi connectivity index (χ4n) is 2.41. The highest BCUT2D eigenvalue weighted by atomic mass is 19.1. The van der Waals surface area contributed by atoms with Gasteiger partial charge in [-0.15, -0.1) is 0 Å². The van der Waals surface area contributed by atoms with E-state index in [1.54, 1.807) is 37.3 Å². The molecule has 20 heavy (non-hydrogen) atoms. The largest absolute Gasteiger partial charge is 0.300 e. The summed E-state index contributed by atoms with van der Waals surface area (Å²) in [5, 5.41) is 0. The predicted octanol–water partition coefficient (Wildman–Crippen LogP) is 2.86. The quantitative estimate of drug-likeness (QED) is 0.786. The van der Waals surface area contributed by atoms with Crippen LogP contribution in [0.25, 0.3) is 0 Å². The van der Waals surface area contributed by atoms with Gasteiger partial charge in [0.15, 0.2) is 0 Å². The zero-order valence-corrected chi connectivity index (χ0v) is 10.9. The first-order valence-electron chi connectivity index (χ1n) is 6.28. The molecule has 0 unspecified atom stereocenters. The normalized spacial score (nSPS) is 13.8. The number of benzene rings is 2. The number of aryl methyl sites for hydroxylation is 1. The van der Waals surface area contributed by atoms with Crippen molar-refractivity contribution in [1.82, 2.24) is 0 Å². The molecule has 1 amide bonds. The first-order valence-corrected chi connectivity index (χ1v) is 6.28. The molecule has 0 atom stereocenters. The molecule has 1 aliphatic rings. The van der Waals surface area contributed by atoms with Gasteiger partial charge < -0.3 is 4.90 Å². The van der Waals surface area contributed by atoms with Crippen molar-refractivity contribution in [3.05, 3.63) is 65.0 Å². The van der Waals surface area contributed by atoms with E-state index < -0.39 is 11.7 Å². The number of carbonyl (C=O) groups excluding carboxylic acids is 2. The first-order chi connectivity index (χ1) is 9.58. The molecule has 0 spiro atoms. The SMILES string of the molecule is Cc1cc(F)ccc1CN1C(=O)C(=O)c2ccccc21. The number of carbonyl (C=O) groups is 2. The van der Waals surface area contributed by atoms with Crippen molar-refractivity contribution >= 4 is 17.4 Å². The minimum Gasteiger partial charge on any atom is -0.300 e. The van der Waals surface area contributed by atoms with E-state index in [1.165, 1.54) is 17.0 Å². The van der Waals surface area contributed by atoms with Gasteiger partial charge in [0.25, 0.3) is 11.7 Å². The van der Waals surface area contributed by atoms with Gasteiger partial charge >= 0.3 is 0 Å². The van der Waals surface area contributed by atoms with Gasteiger partial charge in [0.2, 0.25) is 0 Å². The standard InChI is InChI=1S/C16H12FNO2/c1-10-8-12(17)7-6-11(10)9-18-14-5-3-2-4-13(14)15(19)16(18)20/h2-8H,9H2,1H3. The highest BCUT2D eigenvalue weighted by Crippen LogP contribution is 2.30. The molecule has 3 nitrogen and oxygen atoms in total. The summed E-state index contributed by atoms with van der Waals surface area (Å²) < 4.78 is 13.1. The average molecular weight is 269 g/mol. The molecular weight excluding hydrogens is 257 g/mol. The van der Waals surface area contributed by atoms with E-state index in [0.717, 1.165) is 11.1 Å². The van der Waals surface area contributed by atoms with E-state index in [0.29, 0.717) is 11.3 Å². The average Bonchev–Trinajstić information content (AvgIpc) is 2.67. The highest BCUT2D eigenvalue weighted by Gasteiger charge is 2.35. The number of hydrogen-bond donors (Lipinski definition) is 0. The number of rotatable bonds is 2. The third kappa shape index (κ3) is 1.90. The van der Waals surface area contributed by atoms with E-state index in [1.807, 2.05) is 0 Å². The second kappa shape index (κ2) is 4.56. The Labute approximate surface area is 115 Å². The highest BCUT2D eigenvalue weighted by molar-refractivity contribution is 6.52. The number of amides is 1. The number of fused-ring (bicyclic) bond motifs is 1. The lowest BCUT2D eigenvalue weighted by atomic mass is 10.1. The second-order valence-corrected chi connectivity index (χ2v) is 4.81. The Morgan fingerprint density at radius 1 is 1.10 bits per heavy atom. The van der Waals surface area contributed by atoms with Crippen LogP contribution in [0, 0.1) is 12.7 Å². The van der Waals surface area contributed by atoms with Crippen LogP contribution in [-0.2, 0) is 11.3 Å². The summed E-state index contributed by atoms with van der Waals surface area (Å²) in [6, 6.07) is 11.3. The van der Waals surface area contributed by atoms with Crippen LogP contribution in [0.3, 0.4) is 0 Å². The van der Waals surface area contributed by atoms with Crippen LogP contribution >= 0.6 is 0 Å². The smallest absolute Gasteiger partial charge is 0.299 e. The van der Waals surface area contributed by atoms with Crippen LogP contribution < -0.4 is 4.90 Å². The lowest BCUT2D eigenvalue weighted by Crippen LogP contribution is -2.29. The van der Waals surface area contributed by atoms with Crippen molar-refractivity contribution in [3.8, 4) is 0 Å². The van der Waals surface area contributed by atoms with Gasteiger partial charge in [-0.3, -0.25) is 9.59 Å². The summed E-state index contributed by atoms with van der Waals surface area (Å²) in [5.41, 5.74) is 2.63. The van der Waals surface area contributed by atoms with Crippen molar-refractivity contribution in [3.63, 3.8) is 0 Å². The Hall–Kier alpha value is -2.49. The Balaban J connectivity index is 1.99. The summed E-state index contributed by atoms with van der Waals surface area (Å²) in [7, 11) is 0. The van der Waals surface area contributed by atoms with Crippen LogP contribution in [0.1, 0.15) is 21.5 Å². The summed E-state index contributed by atoms with van der Waals surface area (Å²) >= 11 is 0. The Morgan fingerprint density at radius 2 is 1.85 bits per heavy atom. The zero-order chi connectivity index (χ0) is 14.3. The molecule has 100 valence electrons. The van der Waals surface area contributed by atoms with Crippen LogP contribution in [0.2, 0.25) is 0 Å². The molecule has 0 fully saturated rings. The Morgan fingerprint density at radius 3 is 2.60 bits per heavy atom. The third-order valence-corrected chi connectivity index (χ3v) is 3.51. The fourth-order valence-corrected chi connectivity index (χ4v) is 2.41. The van der Waals surface area contributed by atoms with Crippen molar-refractivity contribution in [1.29, 1.82) is 0 Å². The van der Waals surface area contributed by atoms with Crippen LogP contribution in [0.15, 0.2) is 42.5 Å². The van der Waals surface area contributed by atoms with Crippen LogP contribution in [0.5, 0.6) is 0 Å². The van der Waals surface area contributed by atoms with Crippen molar-refractivity contribution in [2.45, 2.75) is 13.5 Å². The van der Waals surface area contributed by atoms with Crippen molar-refractivity contribution in [2.75, 3.05) is 4.90 Å². The summed E-state index contributed by atoms with van der Waals surface area (Å²) in [6.07, 6.45) is 0. The van der Waals surface area contributed by atoms with Gasteiger partial charge in [-0.2, -0.15) is 0 Å². The molecule has 2 aromatic rings. The minimum absolute atomic E-state index is 0.272. The molecule has 0 radical (unpaired) electrons. The number of para-hydroxylation sites is 1. The molecule has 0 saturated carbocycles. The van der Waals surface area contributed by atoms with Crippen molar-refractivity contribution < 1.29 is 14.0 Å². The molecular formula is C16H12FNO2. The van der Waals surface area contributed by atoms with Crippen molar-refractivity contribution in [2.24, 2.45) is 0 Å². The van der Waals surface area contributed by atoms with E-state index >= 15 is 0 Å². The molecule has 1 heterocycles. The molecule has 0 N–H and O–H groups in total. The molecule has 0 aromatic heterocycles. The van der Waals surface area contributed by atoms with Gasteiger partial charge in [0, 0.05) is 0 Å². The van der Waals surface area contributed by atoms with Gasteiger partial charge in [0.1, 0.15) is 5.82 Å². The van der Waals surface area contributed by atoms with E-state index in [-0.39, 0.29) is 12.4 Å². The summed E-state index contributed by atoms with van der Waals surface area (Å²) in [6.45, 7) is 2.06. The summed E-state index contributed by atoms with van der Waals surface area (Å²) in [5.74, 6) is -1.33. The van der Waals surface area contributed by atoms with Gasteiger partial charge in [-0.25, -0.2) is 4.39 Å². The van der Waals surface area contributed by atoms with Gasteiger partial charge in [0.05, 0.1) is 17.8 Å². The molecule has 4 heteroatoms. The molecule has 2 aromatic carbocycles. The van der Waals surface area contributed by atoms with E-state index in [4.69, 9.17) is 0 Å². The molecule has 0 bridgehead atoms. The maximum absolute atomic E-state index is 13.1. The van der Waals surface area contributed by atoms with Crippen LogP contribution in [0.4, 0.5) is 10.1 Å². The Bertz CT molecular complexity index is 724. The van der Waals surface area contributed by atoms with Crippen LogP contribution in [-0.4, -0.2) is 11.7 Å². The number of nitrogens with zero attached hydrogens (tertiary/aromatic N) is 1. The topological polar surface area (TPSA) is 37.4 Å². The lowest BCUT2D eigenvalue weighted by Gasteiger charge is -2.17. The number of anilines is 1. The molecule has 0 saturated heterocycles. The maximum Gasteiger partial charge on any atom is 0.299 e. The monoisotopic (exact) mass is 269 g/mol. The summed E-state index contributed by atoms with van der Waals surface area (Å²) in [4.78, 5) is 25.4. The second-order valence-electron chi connectivity index (χ2n) is 4.81. The fraction of sp³-hybridized carbons (Fsp3) is 0.125. The molecule has 3 rings (SSSR count).